The molecule has 0 spiro atoms. The fourth-order valence-corrected chi connectivity index (χ4v) is 3.34. The minimum absolute atomic E-state index is 0.0708. The third-order valence-corrected chi connectivity index (χ3v) is 4.63. The van der Waals surface area contributed by atoms with E-state index in [0.717, 1.165) is 33.8 Å². The summed E-state index contributed by atoms with van der Waals surface area (Å²) >= 11 is 0. The summed E-state index contributed by atoms with van der Waals surface area (Å²) in [6.45, 7) is 7.38. The lowest BCUT2D eigenvalue weighted by Crippen LogP contribution is -2.22. The van der Waals surface area contributed by atoms with Crippen LogP contribution in [-0.4, -0.2) is 28.3 Å². The number of amides is 1. The van der Waals surface area contributed by atoms with Crippen molar-refractivity contribution in [3.63, 3.8) is 0 Å². The van der Waals surface area contributed by atoms with Gasteiger partial charge in [-0.05, 0) is 63.1 Å². The number of carbonyl (C=O) groups excluding carboxylic acids is 2. The van der Waals surface area contributed by atoms with Gasteiger partial charge in [-0.1, -0.05) is 24.3 Å². The number of nitrogens with one attached hydrogen (secondary N) is 1. The molecule has 2 aromatic carbocycles. The highest BCUT2D eigenvalue weighted by atomic mass is 16.5. The Kier molecular flexibility index (Phi) is 6.12. The summed E-state index contributed by atoms with van der Waals surface area (Å²) < 4.78 is 6.99. The average molecular weight is 391 g/mol. The Hall–Kier alpha value is -3.41. The summed E-state index contributed by atoms with van der Waals surface area (Å²) in [6.07, 6.45) is 0.0708. The van der Waals surface area contributed by atoms with Crippen LogP contribution in [-0.2, 0) is 20.7 Å². The van der Waals surface area contributed by atoms with Crippen LogP contribution in [0.15, 0.2) is 48.5 Å². The van der Waals surface area contributed by atoms with Crippen LogP contribution in [0.25, 0.3) is 5.69 Å². The molecule has 1 aromatic heterocycles. The van der Waals surface area contributed by atoms with Crippen LogP contribution in [0.2, 0.25) is 0 Å². The predicted octanol–water partition coefficient (Wildman–Crippen LogP) is 3.83. The molecule has 29 heavy (non-hydrogen) atoms. The number of para-hydroxylation sites is 1. The number of rotatable bonds is 6. The van der Waals surface area contributed by atoms with E-state index in [4.69, 9.17) is 4.74 Å². The zero-order valence-electron chi connectivity index (χ0n) is 17.2. The lowest BCUT2D eigenvalue weighted by molar-refractivity contribution is -0.146. The number of hydrogen-bond donors (Lipinski definition) is 1. The molecule has 0 aliphatic carbocycles. The highest BCUT2D eigenvalue weighted by molar-refractivity contribution is 5.93. The van der Waals surface area contributed by atoms with Crippen molar-refractivity contribution in [1.82, 2.24) is 9.78 Å². The van der Waals surface area contributed by atoms with E-state index in [0.29, 0.717) is 5.69 Å². The Bertz CT molecular complexity index is 1020. The first kappa shape index (κ1) is 20.3. The first-order valence-electron chi connectivity index (χ1n) is 9.48. The normalized spacial score (nSPS) is 10.6. The number of hydrogen-bond acceptors (Lipinski definition) is 4. The highest BCUT2D eigenvalue weighted by Gasteiger charge is 2.17. The summed E-state index contributed by atoms with van der Waals surface area (Å²) in [5.41, 5.74) is 6.19. The number of nitrogens with zero attached hydrogens (tertiary/aromatic N) is 2. The predicted molar refractivity (Wildman–Crippen MR) is 112 cm³/mol. The fraction of sp³-hybridized carbons (Fsp3) is 0.261. The molecule has 0 fully saturated rings. The highest BCUT2D eigenvalue weighted by Crippen LogP contribution is 2.19. The van der Waals surface area contributed by atoms with Gasteiger partial charge in [0.25, 0.3) is 5.91 Å². The van der Waals surface area contributed by atoms with E-state index in [-0.39, 0.29) is 18.9 Å². The quantitative estimate of drug-likeness (QED) is 0.648. The van der Waals surface area contributed by atoms with Gasteiger partial charge in [-0.25, -0.2) is 4.68 Å². The van der Waals surface area contributed by atoms with Crippen LogP contribution in [0.5, 0.6) is 0 Å². The van der Waals surface area contributed by atoms with Gasteiger partial charge in [0.05, 0.1) is 17.8 Å². The minimum Gasteiger partial charge on any atom is -0.455 e. The first-order chi connectivity index (χ1) is 13.8. The maximum Gasteiger partial charge on any atom is 0.310 e. The number of aromatic nitrogens is 2. The van der Waals surface area contributed by atoms with Crippen molar-refractivity contribution in [1.29, 1.82) is 0 Å². The molecule has 0 unspecified atom stereocenters. The van der Waals surface area contributed by atoms with E-state index < -0.39 is 5.97 Å². The van der Waals surface area contributed by atoms with E-state index in [2.05, 4.69) is 10.4 Å². The molecule has 0 aliphatic heterocycles. The summed E-state index contributed by atoms with van der Waals surface area (Å²) in [6, 6.07) is 15.5. The number of carbonyl (C=O) groups is 2. The molecular weight excluding hydrogens is 366 g/mol. The monoisotopic (exact) mass is 391 g/mol. The second kappa shape index (κ2) is 8.73. The molecule has 6 heteroatoms. The topological polar surface area (TPSA) is 73.2 Å². The SMILES string of the molecule is Cc1cc(C)cc(NC(=O)COC(=O)Cc2c(C)nn(-c3ccccc3)c2C)c1. The first-order valence-corrected chi connectivity index (χ1v) is 9.48. The van der Waals surface area contributed by atoms with Crippen LogP contribution >= 0.6 is 0 Å². The molecule has 3 aromatic rings. The maximum absolute atomic E-state index is 12.3. The third kappa shape index (κ3) is 5.10. The smallest absolute Gasteiger partial charge is 0.310 e. The molecule has 0 aliphatic rings. The van der Waals surface area contributed by atoms with Gasteiger partial charge in [0.2, 0.25) is 0 Å². The van der Waals surface area contributed by atoms with Crippen molar-refractivity contribution >= 4 is 17.6 Å². The lowest BCUT2D eigenvalue weighted by Gasteiger charge is -2.09. The second-order valence-electron chi connectivity index (χ2n) is 7.16. The van der Waals surface area contributed by atoms with Gasteiger partial charge >= 0.3 is 5.97 Å². The van der Waals surface area contributed by atoms with Gasteiger partial charge in [0, 0.05) is 16.9 Å². The van der Waals surface area contributed by atoms with E-state index in [9.17, 15) is 9.59 Å². The molecule has 0 radical (unpaired) electrons. The van der Waals surface area contributed by atoms with Gasteiger partial charge < -0.3 is 10.1 Å². The largest absolute Gasteiger partial charge is 0.455 e. The Balaban J connectivity index is 1.60. The average Bonchev–Trinajstić information content (AvgIpc) is 2.94. The van der Waals surface area contributed by atoms with Gasteiger partial charge in [0.15, 0.2) is 6.61 Å². The summed E-state index contributed by atoms with van der Waals surface area (Å²) in [4.78, 5) is 24.4. The van der Waals surface area contributed by atoms with Crippen LogP contribution in [0, 0.1) is 27.7 Å². The fourth-order valence-electron chi connectivity index (χ4n) is 3.34. The second-order valence-corrected chi connectivity index (χ2v) is 7.16. The summed E-state index contributed by atoms with van der Waals surface area (Å²) in [5, 5.41) is 7.29. The zero-order chi connectivity index (χ0) is 21.0. The van der Waals surface area contributed by atoms with Gasteiger partial charge in [0.1, 0.15) is 0 Å². The summed E-state index contributed by atoms with van der Waals surface area (Å²) in [5.74, 6) is -0.823. The lowest BCUT2D eigenvalue weighted by atomic mass is 10.1. The van der Waals surface area contributed by atoms with Gasteiger partial charge in [-0.15, -0.1) is 0 Å². The van der Waals surface area contributed by atoms with Crippen molar-refractivity contribution < 1.29 is 14.3 Å². The zero-order valence-corrected chi connectivity index (χ0v) is 17.2. The van der Waals surface area contributed by atoms with Crippen molar-refractivity contribution in [2.24, 2.45) is 0 Å². The van der Waals surface area contributed by atoms with Crippen molar-refractivity contribution in [2.45, 2.75) is 34.1 Å². The number of aryl methyl sites for hydroxylation is 3. The minimum atomic E-state index is -0.459. The van der Waals surface area contributed by atoms with E-state index in [1.54, 1.807) is 0 Å². The van der Waals surface area contributed by atoms with Crippen molar-refractivity contribution in [3.8, 4) is 5.69 Å². The van der Waals surface area contributed by atoms with E-state index in [1.165, 1.54) is 0 Å². The molecule has 0 atom stereocenters. The molecule has 1 N–H and O–H groups in total. The standard InChI is InChI=1S/C23H25N3O3/c1-15-10-16(2)12-19(11-15)24-22(27)14-29-23(28)13-21-17(3)25-26(18(21)4)20-8-6-5-7-9-20/h5-12H,13-14H2,1-4H3,(H,24,27). The Morgan fingerprint density at radius 2 is 1.66 bits per heavy atom. The molecule has 6 nitrogen and oxygen atoms in total. The molecule has 0 saturated carbocycles. The molecule has 150 valence electrons. The molecule has 0 bridgehead atoms. The van der Waals surface area contributed by atoms with Gasteiger partial charge in [-0.2, -0.15) is 5.10 Å². The molecule has 1 amide bonds. The van der Waals surface area contributed by atoms with E-state index in [1.807, 2.05) is 80.9 Å². The van der Waals surface area contributed by atoms with Crippen LogP contribution in [0.4, 0.5) is 5.69 Å². The maximum atomic E-state index is 12.3. The number of ether oxygens (including phenoxy) is 1. The molecule has 1 heterocycles. The van der Waals surface area contributed by atoms with E-state index >= 15 is 0 Å². The Labute approximate surface area is 170 Å². The van der Waals surface area contributed by atoms with Crippen LogP contribution in [0.1, 0.15) is 28.1 Å². The van der Waals surface area contributed by atoms with Crippen LogP contribution in [0.3, 0.4) is 0 Å². The molecule has 0 saturated heterocycles. The number of anilines is 1. The number of esters is 1. The molecular formula is C23H25N3O3. The third-order valence-electron chi connectivity index (χ3n) is 4.63. The van der Waals surface area contributed by atoms with Crippen LogP contribution < -0.4 is 5.32 Å². The summed E-state index contributed by atoms with van der Waals surface area (Å²) in [7, 11) is 0. The Morgan fingerprint density at radius 3 is 2.31 bits per heavy atom. The Morgan fingerprint density at radius 1 is 1.00 bits per heavy atom. The van der Waals surface area contributed by atoms with Crippen molar-refractivity contribution in [2.75, 3.05) is 11.9 Å². The number of benzene rings is 2. The van der Waals surface area contributed by atoms with Crippen molar-refractivity contribution in [3.05, 3.63) is 76.6 Å². The van der Waals surface area contributed by atoms with Gasteiger partial charge in [-0.3, -0.25) is 9.59 Å². The molecule has 3 rings (SSSR count).